The van der Waals surface area contributed by atoms with E-state index in [9.17, 15) is 5.11 Å². The Balaban J connectivity index is 3.10. The molecule has 1 aromatic carbocycles. The highest BCUT2D eigenvalue weighted by Crippen LogP contribution is 2.29. The van der Waals surface area contributed by atoms with E-state index >= 15 is 0 Å². The molecule has 6 heteroatoms. The Morgan fingerprint density at radius 2 is 2.29 bits per heavy atom. The molecule has 2 N–H and O–H groups in total. The summed E-state index contributed by atoms with van der Waals surface area (Å²) in [7, 11) is 0. The van der Waals surface area contributed by atoms with Crippen molar-refractivity contribution in [2.45, 2.75) is 6.04 Å². The summed E-state index contributed by atoms with van der Waals surface area (Å²) in [5.74, 6) is -0.0936. The minimum absolute atomic E-state index is 0.0936. The first-order chi connectivity index (χ1) is 6.69. The Morgan fingerprint density at radius 3 is 2.79 bits per heavy atom. The van der Waals surface area contributed by atoms with Gasteiger partial charge in [-0.05, 0) is 17.7 Å². The maximum Gasteiger partial charge on any atom is 0.120 e. The third-order valence-corrected chi connectivity index (χ3v) is 1.95. The zero-order valence-corrected chi connectivity index (χ0v) is 7.89. The Kier molecular flexibility index (Phi) is 3.59. The van der Waals surface area contributed by atoms with Gasteiger partial charge in [0.25, 0.3) is 0 Å². The van der Waals surface area contributed by atoms with Crippen LogP contribution in [0.25, 0.3) is 10.4 Å². The number of azide groups is 1. The van der Waals surface area contributed by atoms with Crippen molar-refractivity contribution in [2.24, 2.45) is 5.11 Å². The van der Waals surface area contributed by atoms with E-state index in [0.717, 1.165) is 0 Å². The van der Waals surface area contributed by atoms with Crippen LogP contribution in [0.2, 0.25) is 5.02 Å². The number of hydrogen-bond donors (Lipinski definition) is 2. The molecular formula is C8H8ClN3O2. The van der Waals surface area contributed by atoms with Crippen LogP contribution < -0.4 is 0 Å². The fourth-order valence-electron chi connectivity index (χ4n) is 1.06. The van der Waals surface area contributed by atoms with Gasteiger partial charge in [0, 0.05) is 15.5 Å². The topological polar surface area (TPSA) is 89.2 Å². The Labute approximate surface area is 85.2 Å². The van der Waals surface area contributed by atoms with Crippen molar-refractivity contribution in [3.8, 4) is 5.75 Å². The van der Waals surface area contributed by atoms with Gasteiger partial charge in [-0.15, -0.1) is 0 Å². The summed E-state index contributed by atoms with van der Waals surface area (Å²) < 4.78 is 0. The summed E-state index contributed by atoms with van der Waals surface area (Å²) in [5.41, 5.74) is 8.57. The Hall–Kier alpha value is -1.42. The fourth-order valence-corrected chi connectivity index (χ4v) is 1.22. The summed E-state index contributed by atoms with van der Waals surface area (Å²) in [4.78, 5) is 2.57. The number of nitrogens with zero attached hydrogens (tertiary/aromatic N) is 3. The zero-order valence-electron chi connectivity index (χ0n) is 7.13. The van der Waals surface area contributed by atoms with Gasteiger partial charge < -0.3 is 10.2 Å². The van der Waals surface area contributed by atoms with Gasteiger partial charge in [0.2, 0.25) is 0 Å². The lowest BCUT2D eigenvalue weighted by Crippen LogP contribution is -2.00. The summed E-state index contributed by atoms with van der Waals surface area (Å²) in [6.45, 7) is -0.362. The summed E-state index contributed by atoms with van der Waals surface area (Å²) >= 11 is 5.62. The monoisotopic (exact) mass is 213 g/mol. The SMILES string of the molecule is [N-]=[N+]=NC(CO)c1ccc(Cl)cc1O. The molecule has 0 saturated carbocycles. The number of rotatable bonds is 3. The normalized spacial score (nSPS) is 11.9. The fraction of sp³-hybridized carbons (Fsp3) is 0.250. The van der Waals surface area contributed by atoms with Crippen LogP contribution in [-0.2, 0) is 0 Å². The van der Waals surface area contributed by atoms with Crippen molar-refractivity contribution in [1.29, 1.82) is 0 Å². The number of aromatic hydroxyl groups is 1. The number of phenols is 1. The van der Waals surface area contributed by atoms with Crippen molar-refractivity contribution in [3.63, 3.8) is 0 Å². The lowest BCUT2D eigenvalue weighted by Gasteiger charge is -2.09. The first-order valence-corrected chi connectivity index (χ1v) is 4.20. The molecule has 0 aliphatic carbocycles. The third kappa shape index (κ3) is 2.29. The van der Waals surface area contributed by atoms with Gasteiger partial charge in [-0.3, -0.25) is 0 Å². The lowest BCUT2D eigenvalue weighted by molar-refractivity contribution is 0.265. The second-order valence-electron chi connectivity index (χ2n) is 2.61. The van der Waals surface area contributed by atoms with E-state index in [1.54, 1.807) is 6.07 Å². The summed E-state index contributed by atoms with van der Waals surface area (Å²) in [5, 5.41) is 22.0. The molecule has 0 saturated heterocycles. The molecule has 74 valence electrons. The van der Waals surface area contributed by atoms with E-state index in [0.29, 0.717) is 10.6 Å². The summed E-state index contributed by atoms with van der Waals surface area (Å²) in [6, 6.07) is 3.60. The predicted molar refractivity (Wildman–Crippen MR) is 52.1 cm³/mol. The first kappa shape index (κ1) is 10.7. The first-order valence-electron chi connectivity index (χ1n) is 3.82. The highest BCUT2D eigenvalue weighted by atomic mass is 35.5. The van der Waals surface area contributed by atoms with Crippen LogP contribution in [0.3, 0.4) is 0 Å². The quantitative estimate of drug-likeness (QED) is 0.459. The molecule has 0 aliphatic heterocycles. The van der Waals surface area contributed by atoms with Crippen LogP contribution in [-0.4, -0.2) is 16.8 Å². The molecule has 1 rings (SSSR count). The minimum atomic E-state index is -0.780. The van der Waals surface area contributed by atoms with Crippen LogP contribution in [0.5, 0.6) is 5.75 Å². The van der Waals surface area contributed by atoms with Gasteiger partial charge in [0.1, 0.15) is 5.75 Å². The average molecular weight is 214 g/mol. The molecule has 1 atom stereocenters. The number of halogens is 1. The number of hydrogen-bond acceptors (Lipinski definition) is 3. The zero-order chi connectivity index (χ0) is 10.6. The number of aliphatic hydroxyl groups is 1. The van der Waals surface area contributed by atoms with Crippen LogP contribution >= 0.6 is 11.6 Å². The van der Waals surface area contributed by atoms with Crippen LogP contribution in [0.15, 0.2) is 23.3 Å². The van der Waals surface area contributed by atoms with Crippen molar-refractivity contribution in [2.75, 3.05) is 6.61 Å². The minimum Gasteiger partial charge on any atom is -0.508 e. The van der Waals surface area contributed by atoms with Gasteiger partial charge >= 0.3 is 0 Å². The van der Waals surface area contributed by atoms with Gasteiger partial charge in [-0.1, -0.05) is 22.8 Å². The van der Waals surface area contributed by atoms with Crippen LogP contribution in [0.1, 0.15) is 11.6 Å². The number of aliphatic hydroxyl groups excluding tert-OH is 1. The highest BCUT2D eigenvalue weighted by Gasteiger charge is 2.12. The molecule has 0 aromatic heterocycles. The van der Waals surface area contributed by atoms with E-state index in [-0.39, 0.29) is 12.4 Å². The van der Waals surface area contributed by atoms with Gasteiger partial charge in [-0.2, -0.15) is 0 Å². The third-order valence-electron chi connectivity index (χ3n) is 1.72. The second-order valence-corrected chi connectivity index (χ2v) is 3.04. The number of phenolic OH excluding ortho intramolecular Hbond substituents is 1. The smallest absolute Gasteiger partial charge is 0.120 e. The molecule has 1 unspecified atom stereocenters. The maximum absolute atomic E-state index is 9.44. The largest absolute Gasteiger partial charge is 0.508 e. The van der Waals surface area contributed by atoms with Gasteiger partial charge in [0.05, 0.1) is 12.6 Å². The van der Waals surface area contributed by atoms with Crippen LogP contribution in [0.4, 0.5) is 0 Å². The molecule has 0 aliphatic rings. The average Bonchev–Trinajstić information content (AvgIpc) is 2.15. The van der Waals surface area contributed by atoms with E-state index in [1.807, 2.05) is 0 Å². The molecule has 5 nitrogen and oxygen atoms in total. The lowest BCUT2D eigenvalue weighted by atomic mass is 10.1. The van der Waals surface area contributed by atoms with Crippen molar-refractivity contribution >= 4 is 11.6 Å². The summed E-state index contributed by atoms with van der Waals surface area (Å²) in [6.07, 6.45) is 0. The maximum atomic E-state index is 9.44. The molecule has 0 heterocycles. The highest BCUT2D eigenvalue weighted by molar-refractivity contribution is 6.30. The molecular weight excluding hydrogens is 206 g/mol. The standard InChI is InChI=1S/C8H8ClN3O2/c9-5-1-2-6(8(14)3-5)7(4-13)11-12-10/h1-3,7,13-14H,4H2. The predicted octanol–water partition coefficient (Wildman–Crippen LogP) is 2.39. The van der Waals surface area contributed by atoms with E-state index < -0.39 is 6.04 Å². The van der Waals surface area contributed by atoms with Gasteiger partial charge in [-0.25, -0.2) is 0 Å². The molecule has 0 radical (unpaired) electrons. The molecule has 14 heavy (non-hydrogen) atoms. The van der Waals surface area contributed by atoms with Crippen molar-refractivity contribution < 1.29 is 10.2 Å². The molecule has 0 fully saturated rings. The molecule has 0 bridgehead atoms. The second kappa shape index (κ2) is 4.72. The van der Waals surface area contributed by atoms with E-state index in [2.05, 4.69) is 10.0 Å². The molecule has 0 amide bonds. The number of benzene rings is 1. The van der Waals surface area contributed by atoms with Crippen LogP contribution in [0, 0.1) is 0 Å². The Morgan fingerprint density at radius 1 is 1.57 bits per heavy atom. The Bertz CT molecular complexity index is 377. The van der Waals surface area contributed by atoms with E-state index in [1.165, 1.54) is 12.1 Å². The van der Waals surface area contributed by atoms with Crippen molar-refractivity contribution in [3.05, 3.63) is 39.2 Å². The van der Waals surface area contributed by atoms with E-state index in [4.69, 9.17) is 22.2 Å². The van der Waals surface area contributed by atoms with Crippen molar-refractivity contribution in [1.82, 2.24) is 0 Å². The molecule has 0 spiro atoms. The van der Waals surface area contributed by atoms with Gasteiger partial charge in [0.15, 0.2) is 0 Å². The molecule has 1 aromatic rings.